The van der Waals surface area contributed by atoms with Crippen molar-refractivity contribution < 1.29 is 14.3 Å². The van der Waals surface area contributed by atoms with E-state index in [2.05, 4.69) is 32.7 Å². The van der Waals surface area contributed by atoms with Crippen molar-refractivity contribution in [3.63, 3.8) is 0 Å². The summed E-state index contributed by atoms with van der Waals surface area (Å²) in [6.45, 7) is 7.84. The molecule has 1 aromatic rings. The zero-order valence-electron chi connectivity index (χ0n) is 18.7. The fraction of sp³-hybridized carbons (Fsp3) is 0.636. The second-order valence-electron chi connectivity index (χ2n) is 7.18. The summed E-state index contributed by atoms with van der Waals surface area (Å²) in [6, 6.07) is 6.13. The first-order chi connectivity index (χ1) is 14.1. The van der Waals surface area contributed by atoms with Gasteiger partial charge in [0.15, 0.2) is 17.5 Å². The lowest BCUT2D eigenvalue weighted by molar-refractivity contribution is -0.121. The lowest BCUT2D eigenvalue weighted by Gasteiger charge is -2.34. The molecule has 0 radical (unpaired) electrons. The smallest absolute Gasteiger partial charge is 0.220 e. The summed E-state index contributed by atoms with van der Waals surface area (Å²) in [5.41, 5.74) is 1.20. The lowest BCUT2D eigenvalue weighted by Crippen LogP contribution is -2.46. The minimum Gasteiger partial charge on any atom is -0.490 e. The Hall–Kier alpha value is -1.71. The number of nitrogens with one attached hydrogen (secondary N) is 2. The summed E-state index contributed by atoms with van der Waals surface area (Å²) in [4.78, 5) is 18.3. The van der Waals surface area contributed by atoms with Crippen molar-refractivity contribution >= 4 is 35.8 Å². The number of halogens is 1. The molecule has 30 heavy (non-hydrogen) atoms. The molecule has 8 heteroatoms. The minimum atomic E-state index is 0. The van der Waals surface area contributed by atoms with Crippen molar-refractivity contribution in [2.75, 3.05) is 46.9 Å². The molecule has 0 unspecified atom stereocenters. The molecule has 2 N–H and O–H groups in total. The van der Waals surface area contributed by atoms with E-state index in [0.29, 0.717) is 25.6 Å². The number of rotatable bonds is 9. The van der Waals surface area contributed by atoms with Crippen molar-refractivity contribution in [2.45, 2.75) is 39.5 Å². The molecule has 0 aromatic heterocycles. The van der Waals surface area contributed by atoms with Gasteiger partial charge >= 0.3 is 0 Å². The summed E-state index contributed by atoms with van der Waals surface area (Å²) >= 11 is 0. The number of guanidine groups is 1. The topological polar surface area (TPSA) is 75.2 Å². The van der Waals surface area contributed by atoms with Crippen molar-refractivity contribution in [1.29, 1.82) is 0 Å². The maximum absolute atomic E-state index is 11.6. The number of benzene rings is 1. The third kappa shape index (κ3) is 8.20. The van der Waals surface area contributed by atoms with Crippen LogP contribution in [0.3, 0.4) is 0 Å². The largest absolute Gasteiger partial charge is 0.490 e. The number of carbonyl (C=O) groups is 1. The van der Waals surface area contributed by atoms with E-state index >= 15 is 0 Å². The standard InChI is InChI=1S/C22H36N4O3.HI/c1-5-28-19-8-7-17(15-20(19)29-6-2)9-12-25-22(24-4)26-13-10-18(11-14-26)16-21(27)23-3;/h7-8,15,18H,5-6,9-14,16H2,1-4H3,(H,23,27)(H,24,25);1H. The zero-order chi connectivity index (χ0) is 21.1. The molecule has 1 amide bonds. The first kappa shape index (κ1) is 26.3. The van der Waals surface area contributed by atoms with Crippen LogP contribution in [0.5, 0.6) is 11.5 Å². The van der Waals surface area contributed by atoms with Crippen LogP contribution in [0.25, 0.3) is 0 Å². The van der Waals surface area contributed by atoms with E-state index in [0.717, 1.165) is 56.4 Å². The number of ether oxygens (including phenoxy) is 2. The Labute approximate surface area is 198 Å². The monoisotopic (exact) mass is 532 g/mol. The Morgan fingerprint density at radius 2 is 1.83 bits per heavy atom. The molecule has 1 heterocycles. The number of hydrogen-bond acceptors (Lipinski definition) is 4. The molecular formula is C22H37IN4O3. The van der Waals surface area contributed by atoms with Gasteiger partial charge in [-0.2, -0.15) is 0 Å². The fourth-order valence-corrected chi connectivity index (χ4v) is 3.62. The Morgan fingerprint density at radius 3 is 2.43 bits per heavy atom. The summed E-state index contributed by atoms with van der Waals surface area (Å²) in [5.74, 6) is 3.12. The van der Waals surface area contributed by atoms with E-state index in [-0.39, 0.29) is 29.9 Å². The Morgan fingerprint density at radius 1 is 1.17 bits per heavy atom. The summed E-state index contributed by atoms with van der Waals surface area (Å²) < 4.78 is 11.3. The van der Waals surface area contributed by atoms with E-state index in [4.69, 9.17) is 9.47 Å². The molecule has 1 aromatic carbocycles. The van der Waals surface area contributed by atoms with Crippen LogP contribution in [0.1, 0.15) is 38.7 Å². The van der Waals surface area contributed by atoms with E-state index < -0.39 is 0 Å². The summed E-state index contributed by atoms with van der Waals surface area (Å²) in [7, 11) is 3.52. The highest BCUT2D eigenvalue weighted by molar-refractivity contribution is 14.0. The molecule has 2 rings (SSSR count). The Kier molecular flexibility index (Phi) is 12.6. The SMILES string of the molecule is CCOc1ccc(CCNC(=NC)N2CCC(CC(=O)NC)CC2)cc1OCC.I. The minimum absolute atomic E-state index is 0. The quantitative estimate of drug-likeness (QED) is 0.291. The molecular weight excluding hydrogens is 495 g/mol. The molecule has 1 saturated heterocycles. The van der Waals surface area contributed by atoms with Crippen molar-refractivity contribution in [3.8, 4) is 11.5 Å². The second kappa shape index (κ2) is 14.3. The third-order valence-corrected chi connectivity index (χ3v) is 5.18. The molecule has 0 bridgehead atoms. The van der Waals surface area contributed by atoms with Crippen LogP contribution >= 0.6 is 24.0 Å². The molecule has 170 valence electrons. The molecule has 7 nitrogen and oxygen atoms in total. The Balaban J connectivity index is 0.00000450. The van der Waals surface area contributed by atoms with Crippen molar-refractivity contribution in [1.82, 2.24) is 15.5 Å². The van der Waals surface area contributed by atoms with Gasteiger partial charge in [-0.05, 0) is 56.7 Å². The van der Waals surface area contributed by atoms with Gasteiger partial charge in [0.2, 0.25) is 5.91 Å². The van der Waals surface area contributed by atoms with Crippen LogP contribution < -0.4 is 20.1 Å². The molecule has 1 aliphatic heterocycles. The van der Waals surface area contributed by atoms with E-state index in [1.807, 2.05) is 27.0 Å². The fourth-order valence-electron chi connectivity index (χ4n) is 3.62. The van der Waals surface area contributed by atoms with E-state index in [1.54, 1.807) is 7.05 Å². The van der Waals surface area contributed by atoms with Gasteiger partial charge in [0.05, 0.1) is 13.2 Å². The highest BCUT2D eigenvalue weighted by Crippen LogP contribution is 2.28. The van der Waals surface area contributed by atoms with Crippen LogP contribution in [0, 0.1) is 5.92 Å². The predicted octanol–water partition coefficient (Wildman–Crippen LogP) is 3.07. The van der Waals surface area contributed by atoms with Gasteiger partial charge in [-0.25, -0.2) is 0 Å². The van der Waals surface area contributed by atoms with Crippen LogP contribution in [-0.4, -0.2) is 63.7 Å². The number of likely N-dealkylation sites (tertiary alicyclic amines) is 1. The lowest BCUT2D eigenvalue weighted by atomic mass is 9.93. The third-order valence-electron chi connectivity index (χ3n) is 5.18. The number of piperidine rings is 1. The number of carbonyl (C=O) groups excluding carboxylic acids is 1. The van der Waals surface area contributed by atoms with E-state index in [1.165, 1.54) is 5.56 Å². The number of nitrogens with zero attached hydrogens (tertiary/aromatic N) is 2. The molecule has 1 aliphatic rings. The van der Waals surface area contributed by atoms with Gasteiger partial charge in [-0.1, -0.05) is 6.07 Å². The first-order valence-electron chi connectivity index (χ1n) is 10.7. The number of hydrogen-bond donors (Lipinski definition) is 2. The summed E-state index contributed by atoms with van der Waals surface area (Å²) in [6.07, 6.45) is 3.53. The van der Waals surface area contributed by atoms with Gasteiger partial charge in [-0.3, -0.25) is 9.79 Å². The van der Waals surface area contributed by atoms with Crippen LogP contribution in [-0.2, 0) is 11.2 Å². The molecule has 0 aliphatic carbocycles. The molecule has 0 atom stereocenters. The highest BCUT2D eigenvalue weighted by atomic mass is 127. The van der Waals surface area contributed by atoms with Crippen molar-refractivity contribution in [3.05, 3.63) is 23.8 Å². The number of amides is 1. The maximum atomic E-state index is 11.6. The highest BCUT2D eigenvalue weighted by Gasteiger charge is 2.22. The van der Waals surface area contributed by atoms with E-state index in [9.17, 15) is 4.79 Å². The predicted molar refractivity (Wildman–Crippen MR) is 132 cm³/mol. The Bertz CT molecular complexity index is 676. The average molecular weight is 532 g/mol. The van der Waals surface area contributed by atoms with Crippen molar-refractivity contribution in [2.24, 2.45) is 10.9 Å². The normalized spacial score (nSPS) is 14.7. The zero-order valence-corrected chi connectivity index (χ0v) is 21.0. The van der Waals surface area contributed by atoms with Gasteiger partial charge in [0.25, 0.3) is 0 Å². The van der Waals surface area contributed by atoms with Crippen LogP contribution in [0.15, 0.2) is 23.2 Å². The average Bonchev–Trinajstić information content (AvgIpc) is 2.74. The maximum Gasteiger partial charge on any atom is 0.220 e. The van der Waals surface area contributed by atoms with Crippen LogP contribution in [0.2, 0.25) is 0 Å². The van der Waals surface area contributed by atoms with Crippen LogP contribution in [0.4, 0.5) is 0 Å². The van der Waals surface area contributed by atoms with Gasteiger partial charge in [-0.15, -0.1) is 24.0 Å². The molecule has 0 spiro atoms. The first-order valence-corrected chi connectivity index (χ1v) is 10.7. The van der Waals surface area contributed by atoms with Gasteiger partial charge in [0.1, 0.15) is 0 Å². The second-order valence-corrected chi connectivity index (χ2v) is 7.18. The number of aliphatic imine (C=N–C) groups is 1. The molecule has 0 saturated carbocycles. The summed E-state index contributed by atoms with van der Waals surface area (Å²) in [5, 5.41) is 6.19. The van der Waals surface area contributed by atoms with Gasteiger partial charge in [0, 0.05) is 40.2 Å². The van der Waals surface area contributed by atoms with Gasteiger partial charge < -0.3 is 25.0 Å². The molecule has 1 fully saturated rings.